The van der Waals surface area contributed by atoms with Crippen LogP contribution in [-0.2, 0) is 4.74 Å². The smallest absolute Gasteiger partial charge is 0.415 e. The van der Waals surface area contributed by atoms with Crippen LogP contribution >= 0.6 is 0 Å². The summed E-state index contributed by atoms with van der Waals surface area (Å²) in [7, 11) is 1.86. The maximum Gasteiger partial charge on any atom is 0.415 e. The number of nitrogens with zero attached hydrogens (tertiary/aromatic N) is 1. The average molecular weight is 292 g/mol. The number of nitrogens with one attached hydrogen (secondary N) is 1. The number of hydrogen-bond acceptors (Lipinski definition) is 4. The van der Waals surface area contributed by atoms with Crippen LogP contribution in [0.1, 0.15) is 30.1 Å². The molecule has 21 heavy (non-hydrogen) atoms. The lowest BCUT2D eigenvalue weighted by molar-refractivity contribution is 0.0470. The van der Waals surface area contributed by atoms with Crippen LogP contribution in [0.3, 0.4) is 0 Å². The van der Waals surface area contributed by atoms with Gasteiger partial charge in [0, 0.05) is 12.1 Å². The third-order valence-electron chi connectivity index (χ3n) is 3.87. The number of ether oxygens (including phenoxy) is 1. The number of benzene rings is 1. The minimum absolute atomic E-state index is 0.197. The molecule has 1 aliphatic heterocycles. The second-order valence-electron chi connectivity index (χ2n) is 5.20. The molecule has 1 amide bonds. The second-order valence-corrected chi connectivity index (χ2v) is 5.20. The third kappa shape index (κ3) is 3.16. The van der Waals surface area contributed by atoms with E-state index in [-0.39, 0.29) is 11.7 Å². The van der Waals surface area contributed by atoms with Gasteiger partial charge in [-0.2, -0.15) is 0 Å². The predicted molar refractivity (Wildman–Crippen MR) is 78.8 cm³/mol. The molecule has 2 rings (SSSR count). The molecule has 1 heterocycles. The highest BCUT2D eigenvalue weighted by molar-refractivity contribution is 5.92. The van der Waals surface area contributed by atoms with Crippen molar-refractivity contribution >= 4 is 17.7 Å². The maximum atomic E-state index is 12.1. The fraction of sp³-hybridized carbons (Fsp3) is 0.467. The summed E-state index contributed by atoms with van der Waals surface area (Å²) in [6.07, 6.45) is 1.11. The van der Waals surface area contributed by atoms with E-state index in [1.54, 1.807) is 17.0 Å². The number of carboxylic acids is 1. The highest BCUT2D eigenvalue weighted by atomic mass is 16.6. The Morgan fingerprint density at radius 3 is 2.62 bits per heavy atom. The minimum atomic E-state index is -0.984. The molecule has 1 saturated heterocycles. The van der Waals surface area contributed by atoms with Crippen molar-refractivity contribution in [1.29, 1.82) is 0 Å². The van der Waals surface area contributed by atoms with Crippen molar-refractivity contribution in [2.24, 2.45) is 0 Å². The van der Waals surface area contributed by atoms with Gasteiger partial charge in [-0.1, -0.05) is 6.92 Å². The van der Waals surface area contributed by atoms with E-state index >= 15 is 0 Å². The molecule has 1 aliphatic rings. The molecule has 6 nitrogen and oxygen atoms in total. The summed E-state index contributed by atoms with van der Waals surface area (Å²) in [4.78, 5) is 24.5. The van der Waals surface area contributed by atoms with Crippen LogP contribution in [0, 0.1) is 0 Å². The number of carboxylic acid groups (broad SMARTS) is 1. The molecule has 0 saturated carbocycles. The Labute approximate surface area is 123 Å². The number of carbonyl (C=O) groups excluding carboxylic acids is 1. The van der Waals surface area contributed by atoms with Crippen molar-refractivity contribution in [2.45, 2.75) is 25.4 Å². The number of cyclic esters (lactones) is 1. The van der Waals surface area contributed by atoms with Crippen LogP contribution in [-0.4, -0.2) is 42.9 Å². The largest absolute Gasteiger partial charge is 0.478 e. The summed E-state index contributed by atoms with van der Waals surface area (Å²) in [5.74, 6) is -0.984. The van der Waals surface area contributed by atoms with Crippen molar-refractivity contribution in [3.05, 3.63) is 29.8 Å². The first-order valence-corrected chi connectivity index (χ1v) is 7.00. The number of anilines is 1. The molecule has 0 radical (unpaired) electrons. The van der Waals surface area contributed by atoms with E-state index in [1.807, 2.05) is 14.0 Å². The Hall–Kier alpha value is -2.08. The molecule has 1 fully saturated rings. The van der Waals surface area contributed by atoms with E-state index in [2.05, 4.69) is 5.32 Å². The fourth-order valence-corrected chi connectivity index (χ4v) is 2.45. The maximum absolute atomic E-state index is 12.1. The zero-order chi connectivity index (χ0) is 15.5. The summed E-state index contributed by atoms with van der Waals surface area (Å²) < 4.78 is 5.58. The molecule has 1 aromatic carbocycles. The summed E-state index contributed by atoms with van der Waals surface area (Å²) in [6.45, 7) is 3.25. The van der Waals surface area contributed by atoms with E-state index < -0.39 is 11.6 Å². The van der Waals surface area contributed by atoms with Gasteiger partial charge < -0.3 is 15.2 Å². The summed E-state index contributed by atoms with van der Waals surface area (Å²) in [6, 6.07) is 6.25. The lowest BCUT2D eigenvalue weighted by atomic mass is 9.96. The Kier molecular flexibility index (Phi) is 4.47. The molecule has 1 unspecified atom stereocenters. The Balaban J connectivity index is 2.17. The molecule has 0 spiro atoms. The Morgan fingerprint density at radius 2 is 2.10 bits per heavy atom. The van der Waals surface area contributed by atoms with E-state index in [1.165, 1.54) is 12.1 Å². The topological polar surface area (TPSA) is 78.9 Å². The summed E-state index contributed by atoms with van der Waals surface area (Å²) >= 11 is 0. The van der Waals surface area contributed by atoms with Gasteiger partial charge in [-0.05, 0) is 44.3 Å². The van der Waals surface area contributed by atoms with E-state index in [4.69, 9.17) is 9.84 Å². The highest BCUT2D eigenvalue weighted by Crippen LogP contribution is 2.32. The van der Waals surface area contributed by atoms with Gasteiger partial charge in [-0.15, -0.1) is 0 Å². The first kappa shape index (κ1) is 15.3. The zero-order valence-electron chi connectivity index (χ0n) is 12.3. The molecule has 0 aromatic heterocycles. The van der Waals surface area contributed by atoms with Crippen molar-refractivity contribution in [2.75, 3.05) is 25.0 Å². The van der Waals surface area contributed by atoms with Gasteiger partial charge >= 0.3 is 12.1 Å². The summed E-state index contributed by atoms with van der Waals surface area (Å²) in [5, 5.41) is 12.0. The first-order valence-electron chi connectivity index (χ1n) is 7.00. The molecular weight excluding hydrogens is 272 g/mol. The lowest BCUT2D eigenvalue weighted by Crippen LogP contribution is -2.36. The molecule has 1 aromatic rings. The SMILES string of the molecule is CCC1(CCNC)CN(c2ccc(C(=O)O)cc2)C(=O)O1. The van der Waals surface area contributed by atoms with Gasteiger partial charge in [-0.3, -0.25) is 4.90 Å². The van der Waals surface area contributed by atoms with E-state index in [0.717, 1.165) is 19.4 Å². The van der Waals surface area contributed by atoms with Crippen LogP contribution < -0.4 is 10.2 Å². The summed E-state index contributed by atoms with van der Waals surface area (Å²) in [5.41, 5.74) is 0.374. The lowest BCUT2D eigenvalue weighted by Gasteiger charge is -2.25. The minimum Gasteiger partial charge on any atom is -0.478 e. The first-order chi connectivity index (χ1) is 10.0. The number of aromatic carboxylic acids is 1. The number of amides is 1. The zero-order valence-corrected chi connectivity index (χ0v) is 12.3. The molecule has 1 atom stereocenters. The Morgan fingerprint density at radius 1 is 1.43 bits per heavy atom. The average Bonchev–Trinajstić information content (AvgIpc) is 2.83. The van der Waals surface area contributed by atoms with Crippen molar-refractivity contribution < 1.29 is 19.4 Å². The molecule has 114 valence electrons. The molecule has 0 bridgehead atoms. The monoisotopic (exact) mass is 292 g/mol. The van der Waals surface area contributed by atoms with Crippen LogP contribution in [0.5, 0.6) is 0 Å². The van der Waals surface area contributed by atoms with E-state index in [0.29, 0.717) is 12.2 Å². The van der Waals surface area contributed by atoms with Crippen LogP contribution in [0.15, 0.2) is 24.3 Å². The van der Waals surface area contributed by atoms with Crippen molar-refractivity contribution in [3.63, 3.8) is 0 Å². The van der Waals surface area contributed by atoms with Gasteiger partial charge in [0.05, 0.1) is 12.1 Å². The number of carbonyl (C=O) groups is 2. The van der Waals surface area contributed by atoms with E-state index in [9.17, 15) is 9.59 Å². The third-order valence-corrected chi connectivity index (χ3v) is 3.87. The van der Waals surface area contributed by atoms with Crippen molar-refractivity contribution in [1.82, 2.24) is 5.32 Å². The van der Waals surface area contributed by atoms with Gasteiger partial charge in [0.1, 0.15) is 5.60 Å². The second kappa shape index (κ2) is 6.13. The predicted octanol–water partition coefficient (Wildman–Crippen LogP) is 2.10. The van der Waals surface area contributed by atoms with Crippen LogP contribution in [0.2, 0.25) is 0 Å². The van der Waals surface area contributed by atoms with Gasteiger partial charge in [0.2, 0.25) is 0 Å². The highest BCUT2D eigenvalue weighted by Gasteiger charge is 2.43. The molecule has 6 heteroatoms. The molecule has 2 N–H and O–H groups in total. The van der Waals surface area contributed by atoms with Gasteiger partial charge in [-0.25, -0.2) is 9.59 Å². The normalized spacial score (nSPS) is 21.4. The van der Waals surface area contributed by atoms with Gasteiger partial charge in [0.15, 0.2) is 0 Å². The Bertz CT molecular complexity index is 529. The van der Waals surface area contributed by atoms with Crippen LogP contribution in [0.4, 0.5) is 10.5 Å². The molecule has 0 aliphatic carbocycles. The molecular formula is C15H20N2O4. The standard InChI is InChI=1S/C15H20N2O4/c1-3-15(8-9-16-2)10-17(14(20)21-15)12-6-4-11(5-7-12)13(18)19/h4-7,16H,3,8-10H2,1-2H3,(H,18,19). The van der Waals surface area contributed by atoms with Gasteiger partial charge in [0.25, 0.3) is 0 Å². The quantitative estimate of drug-likeness (QED) is 0.839. The van der Waals surface area contributed by atoms with Crippen LogP contribution in [0.25, 0.3) is 0 Å². The number of hydrogen-bond donors (Lipinski definition) is 2. The number of rotatable bonds is 6. The van der Waals surface area contributed by atoms with Crippen molar-refractivity contribution in [3.8, 4) is 0 Å². The fourth-order valence-electron chi connectivity index (χ4n) is 2.45.